The van der Waals surface area contributed by atoms with Gasteiger partial charge in [-0.15, -0.1) is 0 Å². The topological polar surface area (TPSA) is 89.4 Å². The maximum atomic E-state index is 12.6. The van der Waals surface area contributed by atoms with Gasteiger partial charge in [-0.05, 0) is 24.8 Å². The van der Waals surface area contributed by atoms with Gasteiger partial charge in [0.2, 0.25) is 11.8 Å². The third kappa shape index (κ3) is 4.29. The van der Waals surface area contributed by atoms with E-state index in [4.69, 9.17) is 11.5 Å². The van der Waals surface area contributed by atoms with Gasteiger partial charge in [0.1, 0.15) is 0 Å². The van der Waals surface area contributed by atoms with Crippen molar-refractivity contribution in [2.45, 2.75) is 44.2 Å². The minimum Gasteiger partial charge on any atom is -0.368 e. The van der Waals surface area contributed by atoms with E-state index in [1.54, 1.807) is 4.90 Å². The Bertz CT molecular complexity index is 484. The molecule has 1 aromatic rings. The van der Waals surface area contributed by atoms with Crippen LogP contribution in [0.2, 0.25) is 0 Å². The second-order valence-electron chi connectivity index (χ2n) is 5.67. The lowest BCUT2D eigenvalue weighted by Gasteiger charge is -2.30. The highest BCUT2D eigenvalue weighted by Gasteiger charge is 2.30. The smallest absolute Gasteiger partial charge is 0.240 e. The molecule has 0 heterocycles. The zero-order valence-corrected chi connectivity index (χ0v) is 12.2. The highest BCUT2D eigenvalue weighted by atomic mass is 16.2. The molecule has 1 fully saturated rings. The lowest BCUT2D eigenvalue weighted by Crippen LogP contribution is -2.51. The van der Waals surface area contributed by atoms with Gasteiger partial charge in [0.05, 0.1) is 12.6 Å². The summed E-state index contributed by atoms with van der Waals surface area (Å²) >= 11 is 0. The SMILES string of the molecule is NC(=O)CN(C(=O)C(N)Cc1ccccc1)C1CCCC1. The van der Waals surface area contributed by atoms with Crippen molar-refractivity contribution in [2.75, 3.05) is 6.54 Å². The van der Waals surface area contributed by atoms with Crippen molar-refractivity contribution in [3.8, 4) is 0 Å². The molecule has 0 saturated heterocycles. The Hall–Kier alpha value is -1.88. The second kappa shape index (κ2) is 7.22. The first-order chi connectivity index (χ1) is 10.1. The summed E-state index contributed by atoms with van der Waals surface area (Å²) < 4.78 is 0. The molecule has 4 N–H and O–H groups in total. The predicted molar refractivity (Wildman–Crippen MR) is 81.3 cm³/mol. The quantitative estimate of drug-likeness (QED) is 0.812. The molecule has 5 nitrogen and oxygen atoms in total. The van der Waals surface area contributed by atoms with Gasteiger partial charge < -0.3 is 16.4 Å². The molecule has 21 heavy (non-hydrogen) atoms. The first-order valence-electron chi connectivity index (χ1n) is 7.46. The maximum absolute atomic E-state index is 12.6. The van der Waals surface area contributed by atoms with Crippen LogP contribution in [0.15, 0.2) is 30.3 Å². The Morgan fingerprint density at radius 3 is 2.38 bits per heavy atom. The Morgan fingerprint density at radius 2 is 1.81 bits per heavy atom. The fourth-order valence-corrected chi connectivity index (χ4v) is 2.94. The number of hydrogen-bond acceptors (Lipinski definition) is 3. The number of carbonyl (C=O) groups is 2. The number of benzene rings is 1. The summed E-state index contributed by atoms with van der Waals surface area (Å²) in [6.45, 7) is -0.0357. The van der Waals surface area contributed by atoms with E-state index >= 15 is 0 Å². The van der Waals surface area contributed by atoms with Crippen molar-refractivity contribution in [3.63, 3.8) is 0 Å². The van der Waals surface area contributed by atoms with Gasteiger partial charge in [-0.25, -0.2) is 0 Å². The first kappa shape index (κ1) is 15.5. The molecular formula is C16H23N3O2. The molecule has 1 aromatic carbocycles. The van der Waals surface area contributed by atoms with E-state index in [2.05, 4.69) is 0 Å². The monoisotopic (exact) mass is 289 g/mol. The molecule has 1 aliphatic carbocycles. The Balaban J connectivity index is 2.04. The number of carbonyl (C=O) groups excluding carboxylic acids is 2. The molecule has 114 valence electrons. The van der Waals surface area contributed by atoms with Crippen molar-refractivity contribution < 1.29 is 9.59 Å². The van der Waals surface area contributed by atoms with Crippen molar-refractivity contribution in [3.05, 3.63) is 35.9 Å². The molecular weight excluding hydrogens is 266 g/mol. The fraction of sp³-hybridized carbons (Fsp3) is 0.500. The van der Waals surface area contributed by atoms with Gasteiger partial charge in [0.15, 0.2) is 0 Å². The molecule has 0 radical (unpaired) electrons. The summed E-state index contributed by atoms with van der Waals surface area (Å²) in [7, 11) is 0. The molecule has 2 rings (SSSR count). The molecule has 0 spiro atoms. The standard InChI is InChI=1S/C16H23N3O2/c17-14(10-12-6-2-1-3-7-12)16(21)19(11-15(18)20)13-8-4-5-9-13/h1-3,6-7,13-14H,4-5,8-11,17H2,(H2,18,20). The number of primary amides is 1. The molecule has 0 aromatic heterocycles. The average Bonchev–Trinajstić information content (AvgIpc) is 2.99. The van der Waals surface area contributed by atoms with E-state index in [1.165, 1.54) is 0 Å². The number of amides is 2. The molecule has 1 unspecified atom stereocenters. The summed E-state index contributed by atoms with van der Waals surface area (Å²) in [5.41, 5.74) is 12.3. The van der Waals surface area contributed by atoms with Crippen molar-refractivity contribution >= 4 is 11.8 Å². The van der Waals surface area contributed by atoms with Gasteiger partial charge in [-0.2, -0.15) is 0 Å². The number of rotatable bonds is 6. The zero-order valence-electron chi connectivity index (χ0n) is 12.2. The van der Waals surface area contributed by atoms with E-state index in [0.29, 0.717) is 6.42 Å². The lowest BCUT2D eigenvalue weighted by atomic mass is 10.0. The summed E-state index contributed by atoms with van der Waals surface area (Å²) in [6, 6.07) is 9.13. The molecule has 1 atom stereocenters. The van der Waals surface area contributed by atoms with Gasteiger partial charge in [0, 0.05) is 6.04 Å². The molecule has 5 heteroatoms. The Kier molecular flexibility index (Phi) is 5.33. The molecule has 1 saturated carbocycles. The van der Waals surface area contributed by atoms with Crippen molar-refractivity contribution in [1.82, 2.24) is 4.90 Å². The van der Waals surface area contributed by atoms with E-state index in [9.17, 15) is 9.59 Å². The molecule has 0 bridgehead atoms. The van der Waals surface area contributed by atoms with Crippen LogP contribution in [0.3, 0.4) is 0 Å². The van der Waals surface area contributed by atoms with Gasteiger partial charge >= 0.3 is 0 Å². The van der Waals surface area contributed by atoms with E-state index in [0.717, 1.165) is 31.2 Å². The molecule has 1 aliphatic rings. The second-order valence-corrected chi connectivity index (χ2v) is 5.67. The first-order valence-corrected chi connectivity index (χ1v) is 7.46. The van der Waals surface area contributed by atoms with Crippen LogP contribution < -0.4 is 11.5 Å². The predicted octanol–water partition coefficient (Wildman–Crippen LogP) is 0.813. The van der Waals surface area contributed by atoms with Crippen LogP contribution in [0, 0.1) is 0 Å². The fourth-order valence-electron chi connectivity index (χ4n) is 2.94. The lowest BCUT2D eigenvalue weighted by molar-refractivity contribution is -0.138. The van der Waals surface area contributed by atoms with E-state index < -0.39 is 11.9 Å². The van der Waals surface area contributed by atoms with Crippen LogP contribution >= 0.6 is 0 Å². The third-order valence-electron chi connectivity index (χ3n) is 3.99. The normalized spacial score (nSPS) is 16.6. The van der Waals surface area contributed by atoms with E-state index in [1.807, 2.05) is 30.3 Å². The number of hydrogen-bond donors (Lipinski definition) is 2. The third-order valence-corrected chi connectivity index (χ3v) is 3.99. The zero-order chi connectivity index (χ0) is 15.2. The Morgan fingerprint density at radius 1 is 1.19 bits per heavy atom. The molecule has 0 aliphatic heterocycles. The van der Waals surface area contributed by atoms with Gasteiger partial charge in [-0.3, -0.25) is 9.59 Å². The van der Waals surface area contributed by atoms with Crippen molar-refractivity contribution in [2.24, 2.45) is 11.5 Å². The number of nitrogens with zero attached hydrogens (tertiary/aromatic N) is 1. The minimum atomic E-state index is -0.632. The van der Waals surface area contributed by atoms with Crippen LogP contribution in [-0.2, 0) is 16.0 Å². The van der Waals surface area contributed by atoms with Crippen molar-refractivity contribution in [1.29, 1.82) is 0 Å². The van der Waals surface area contributed by atoms with Gasteiger partial charge in [-0.1, -0.05) is 43.2 Å². The van der Waals surface area contributed by atoms with Crippen LogP contribution in [0.1, 0.15) is 31.2 Å². The largest absolute Gasteiger partial charge is 0.368 e. The van der Waals surface area contributed by atoms with Gasteiger partial charge in [0.25, 0.3) is 0 Å². The minimum absolute atomic E-state index is 0.0357. The molecule has 2 amide bonds. The summed E-state index contributed by atoms with van der Waals surface area (Å²) in [4.78, 5) is 25.4. The van der Waals surface area contributed by atoms with Crippen LogP contribution in [0.25, 0.3) is 0 Å². The van der Waals surface area contributed by atoms with Crippen LogP contribution in [0.4, 0.5) is 0 Å². The highest BCUT2D eigenvalue weighted by molar-refractivity contribution is 5.87. The summed E-state index contributed by atoms with van der Waals surface area (Å²) in [5.74, 6) is -0.660. The van der Waals surface area contributed by atoms with E-state index in [-0.39, 0.29) is 18.5 Å². The maximum Gasteiger partial charge on any atom is 0.240 e. The Labute approximate surface area is 125 Å². The van der Waals surface area contributed by atoms with Crippen LogP contribution in [0.5, 0.6) is 0 Å². The summed E-state index contributed by atoms with van der Waals surface area (Å²) in [6.07, 6.45) is 4.50. The van der Waals surface area contributed by atoms with Crippen LogP contribution in [-0.4, -0.2) is 35.3 Å². The summed E-state index contributed by atoms with van der Waals surface area (Å²) in [5, 5.41) is 0. The number of nitrogens with two attached hydrogens (primary N) is 2. The highest BCUT2D eigenvalue weighted by Crippen LogP contribution is 2.24. The average molecular weight is 289 g/mol.